The van der Waals surface area contributed by atoms with Crippen molar-refractivity contribution in [3.8, 4) is 0 Å². The molecule has 0 radical (unpaired) electrons. The fraction of sp³-hybridized carbons (Fsp3) is 0. The van der Waals surface area contributed by atoms with Crippen molar-refractivity contribution >= 4 is 11.9 Å². The summed E-state index contributed by atoms with van der Waals surface area (Å²) < 4.78 is 0. The van der Waals surface area contributed by atoms with Crippen molar-refractivity contribution in [2.24, 2.45) is 0 Å². The number of aromatic nitrogens is 1. The molecule has 0 saturated heterocycles. The molecular weight excluding hydrogens is 224 g/mol. The van der Waals surface area contributed by atoms with E-state index in [1.165, 1.54) is 0 Å². The first-order chi connectivity index (χ1) is 6.00. The zero-order chi connectivity index (χ0) is 10.0. The van der Waals surface area contributed by atoms with E-state index in [1.54, 1.807) is 0 Å². The number of hydrogen-bond acceptors (Lipinski definition) is 3. The van der Waals surface area contributed by atoms with Gasteiger partial charge in [-0.2, -0.15) is 0 Å². The molecule has 0 fully saturated rings. The molecule has 0 unspecified atom stereocenters. The first-order valence-corrected chi connectivity index (χ1v) is 3.21. The Morgan fingerprint density at radius 2 is 1.40 bits per heavy atom. The van der Waals surface area contributed by atoms with Crippen molar-refractivity contribution in [1.82, 2.24) is 4.98 Å². The van der Waals surface area contributed by atoms with E-state index in [0.29, 0.717) is 0 Å². The largest absolute Gasteiger partial charge is 1.00 e. The third kappa shape index (κ3) is 4.96. The second kappa shape index (κ2) is 7.21. The predicted molar refractivity (Wildman–Crippen MR) is 43.2 cm³/mol. The van der Waals surface area contributed by atoms with Gasteiger partial charge in [0, 0.05) is 12.1 Å². The van der Waals surface area contributed by atoms with E-state index < -0.39 is 28.8 Å². The second-order valence-corrected chi connectivity index (χ2v) is 2.25. The minimum absolute atomic E-state index is 0. The van der Waals surface area contributed by atoms with Crippen LogP contribution in [0.5, 0.6) is 0 Å². The molecule has 0 aliphatic carbocycles. The van der Waals surface area contributed by atoms with Gasteiger partial charge in [-0.05, 0) is 0 Å². The minimum Gasteiger partial charge on any atom is -1.00 e. The molecule has 0 saturated carbocycles. The Hall–Kier alpha value is -0.110. The van der Waals surface area contributed by atoms with Crippen LogP contribution in [0.4, 0.5) is 0 Å². The fourth-order valence-corrected chi connectivity index (χ4v) is 0.774. The Labute approximate surface area is 131 Å². The summed E-state index contributed by atoms with van der Waals surface area (Å²) in [6.45, 7) is 0. The molecule has 0 bridgehead atoms. The molecule has 0 aliphatic rings. The van der Waals surface area contributed by atoms with E-state index in [-0.39, 0.29) is 62.0 Å². The minimum atomic E-state index is -1.37. The van der Waals surface area contributed by atoms with Gasteiger partial charge in [0.25, 0.3) is 0 Å². The van der Waals surface area contributed by atoms with Crippen molar-refractivity contribution in [3.63, 3.8) is 0 Å². The SMILES string of the molecule is O=C(O)c1cc(=O)cc(C(=O)O)[nH]1.[H-].[H-].[Na+].[Na+]. The summed E-state index contributed by atoms with van der Waals surface area (Å²) in [6, 6.07) is 1.63. The van der Waals surface area contributed by atoms with E-state index in [9.17, 15) is 14.4 Å². The molecule has 0 aromatic carbocycles. The molecule has 1 aromatic heterocycles. The van der Waals surface area contributed by atoms with Gasteiger partial charge in [-0.1, -0.05) is 0 Å². The molecule has 1 rings (SSSR count). The molecule has 3 N–H and O–H groups in total. The van der Waals surface area contributed by atoms with E-state index in [4.69, 9.17) is 10.2 Å². The van der Waals surface area contributed by atoms with Gasteiger partial charge in [0.1, 0.15) is 11.4 Å². The average Bonchev–Trinajstić information content (AvgIpc) is 2.03. The summed E-state index contributed by atoms with van der Waals surface area (Å²) in [5.41, 5.74) is -1.54. The van der Waals surface area contributed by atoms with Crippen molar-refractivity contribution in [1.29, 1.82) is 0 Å². The molecule has 0 aliphatic heterocycles. The number of aromatic carboxylic acids is 2. The number of nitrogens with one attached hydrogen (secondary N) is 1. The van der Waals surface area contributed by atoms with Crippen LogP contribution < -0.4 is 64.5 Å². The van der Waals surface area contributed by atoms with Gasteiger partial charge >= 0.3 is 71.1 Å². The van der Waals surface area contributed by atoms with E-state index in [2.05, 4.69) is 4.98 Å². The Kier molecular flexibility index (Phi) is 8.31. The summed E-state index contributed by atoms with van der Waals surface area (Å²) in [5, 5.41) is 16.9. The Morgan fingerprint density at radius 3 is 1.67 bits per heavy atom. The number of H-pyrrole nitrogens is 1. The van der Waals surface area contributed by atoms with Crippen molar-refractivity contribution in [2.45, 2.75) is 0 Å². The van der Waals surface area contributed by atoms with Crippen LogP contribution in [0.1, 0.15) is 23.8 Å². The molecule has 72 valence electrons. The summed E-state index contributed by atoms with van der Waals surface area (Å²) in [7, 11) is 0. The van der Waals surface area contributed by atoms with Crippen LogP contribution in [-0.4, -0.2) is 27.1 Å². The Bertz CT molecular complexity index is 401. The number of rotatable bonds is 2. The zero-order valence-corrected chi connectivity index (χ0v) is 12.3. The van der Waals surface area contributed by atoms with Gasteiger partial charge in [-0.3, -0.25) is 4.79 Å². The maximum absolute atomic E-state index is 10.8. The molecule has 0 amide bonds. The number of carboxylic acid groups (broad SMARTS) is 2. The molecule has 1 heterocycles. The maximum atomic E-state index is 10.8. The van der Waals surface area contributed by atoms with Gasteiger partial charge in [-0.15, -0.1) is 0 Å². The van der Waals surface area contributed by atoms with Gasteiger partial charge in [-0.25, -0.2) is 9.59 Å². The van der Waals surface area contributed by atoms with Gasteiger partial charge in [0.15, 0.2) is 5.43 Å². The maximum Gasteiger partial charge on any atom is 1.00 e. The predicted octanol–water partition coefficient (Wildman–Crippen LogP) is -6.00. The smallest absolute Gasteiger partial charge is 1.00 e. The number of aromatic amines is 1. The first-order valence-electron chi connectivity index (χ1n) is 3.21. The number of pyridine rings is 1. The topological polar surface area (TPSA) is 107 Å². The Balaban J connectivity index is -0.000000211. The van der Waals surface area contributed by atoms with E-state index in [1.807, 2.05) is 0 Å². The van der Waals surface area contributed by atoms with Gasteiger partial charge < -0.3 is 18.1 Å². The number of carboxylic acids is 2. The second-order valence-electron chi connectivity index (χ2n) is 2.25. The Morgan fingerprint density at radius 1 is 1.07 bits per heavy atom. The molecule has 6 nitrogen and oxygen atoms in total. The molecule has 1 aromatic rings. The molecule has 15 heavy (non-hydrogen) atoms. The number of hydrogen-bond donors (Lipinski definition) is 3. The van der Waals surface area contributed by atoms with Crippen molar-refractivity contribution in [2.75, 3.05) is 0 Å². The van der Waals surface area contributed by atoms with Crippen LogP contribution in [0.2, 0.25) is 0 Å². The quantitative estimate of drug-likeness (QED) is 0.439. The van der Waals surface area contributed by atoms with Crippen LogP contribution >= 0.6 is 0 Å². The van der Waals surface area contributed by atoms with Crippen LogP contribution in [0, 0.1) is 0 Å². The summed E-state index contributed by atoms with van der Waals surface area (Å²) in [6.07, 6.45) is 0. The number of carbonyl (C=O) groups is 2. The average molecular weight is 231 g/mol. The summed E-state index contributed by atoms with van der Waals surface area (Å²) in [5.74, 6) is -2.75. The first kappa shape index (κ1) is 17.3. The van der Waals surface area contributed by atoms with Crippen molar-refractivity contribution < 1.29 is 81.8 Å². The van der Waals surface area contributed by atoms with Crippen LogP contribution in [-0.2, 0) is 0 Å². The fourth-order valence-electron chi connectivity index (χ4n) is 0.774. The van der Waals surface area contributed by atoms with Gasteiger partial charge in [0.05, 0.1) is 0 Å². The van der Waals surface area contributed by atoms with Crippen LogP contribution in [0.25, 0.3) is 0 Å². The molecule has 0 atom stereocenters. The summed E-state index contributed by atoms with van der Waals surface area (Å²) >= 11 is 0. The zero-order valence-electron chi connectivity index (χ0n) is 10.3. The standard InChI is InChI=1S/C7H5NO5.2Na.2H/c9-3-1-4(6(10)11)8-5(2-3)7(12)13;;;;/h1-2H,(H,8,9)(H,10,11)(H,12,13);;;;/q;2*+1;2*-1. The van der Waals surface area contributed by atoms with Crippen LogP contribution in [0.3, 0.4) is 0 Å². The normalized spacial score (nSPS) is 8.27. The van der Waals surface area contributed by atoms with E-state index in [0.717, 1.165) is 12.1 Å². The summed E-state index contributed by atoms with van der Waals surface area (Å²) in [4.78, 5) is 33.6. The third-order valence-corrected chi connectivity index (χ3v) is 1.30. The molecule has 8 heteroatoms. The molecular formula is C7H7NNa2O5. The van der Waals surface area contributed by atoms with E-state index >= 15 is 0 Å². The van der Waals surface area contributed by atoms with Crippen LogP contribution in [0.15, 0.2) is 16.9 Å². The van der Waals surface area contributed by atoms with Crippen molar-refractivity contribution in [3.05, 3.63) is 33.7 Å². The third-order valence-electron chi connectivity index (χ3n) is 1.30. The van der Waals surface area contributed by atoms with Gasteiger partial charge in [0.2, 0.25) is 0 Å². The molecule has 0 spiro atoms. The monoisotopic (exact) mass is 231 g/mol.